The molecule has 0 unspecified atom stereocenters. The zero-order valence-electron chi connectivity index (χ0n) is 17.6. The number of carbonyl (C=O) groups is 4. The molecule has 3 aromatic carbocycles. The van der Waals surface area contributed by atoms with E-state index in [-0.39, 0.29) is 16.7 Å². The topological polar surface area (TPSA) is 92.8 Å². The number of anilines is 1. The summed E-state index contributed by atoms with van der Waals surface area (Å²) >= 11 is 0. The van der Waals surface area contributed by atoms with Gasteiger partial charge in [-0.15, -0.1) is 0 Å². The van der Waals surface area contributed by atoms with Gasteiger partial charge in [0.2, 0.25) is 0 Å². The molecule has 1 heterocycles. The van der Waals surface area contributed by atoms with Crippen molar-refractivity contribution in [1.82, 2.24) is 4.90 Å². The van der Waals surface area contributed by atoms with Crippen LogP contribution in [0.2, 0.25) is 0 Å². The van der Waals surface area contributed by atoms with Gasteiger partial charge in [0.25, 0.3) is 17.7 Å². The number of hydrogen-bond acceptors (Lipinski definition) is 5. The van der Waals surface area contributed by atoms with Gasteiger partial charge in [0, 0.05) is 5.69 Å². The third-order valence-electron chi connectivity index (χ3n) is 5.29. The van der Waals surface area contributed by atoms with E-state index in [4.69, 9.17) is 4.74 Å². The fraction of sp³-hybridized carbons (Fsp3) is 0.120. The van der Waals surface area contributed by atoms with Crippen LogP contribution in [0.1, 0.15) is 49.6 Å². The molecule has 0 saturated heterocycles. The lowest BCUT2D eigenvalue weighted by Crippen LogP contribution is -2.32. The standard InChI is InChI=1S/C25H19FN2O5/c1-15(16-5-3-2-4-6-16)28-23(30)20-12-7-17(13-21(20)24(28)31)25(32)33-14-22(29)27-19-10-8-18(26)9-11-19/h2-13,15H,14H2,1H3,(H,27,29)/t15-/m1/s1. The number of hydrogen-bond donors (Lipinski definition) is 1. The van der Waals surface area contributed by atoms with Crippen LogP contribution in [-0.4, -0.2) is 35.2 Å². The second kappa shape index (κ2) is 9.04. The van der Waals surface area contributed by atoms with Crippen LogP contribution in [0.15, 0.2) is 72.8 Å². The van der Waals surface area contributed by atoms with Gasteiger partial charge in [0.15, 0.2) is 6.61 Å². The minimum absolute atomic E-state index is 0.0405. The number of amides is 3. The Hall–Kier alpha value is -4.33. The molecular formula is C25H19FN2O5. The zero-order chi connectivity index (χ0) is 23.5. The molecular weight excluding hydrogens is 427 g/mol. The number of esters is 1. The summed E-state index contributed by atoms with van der Waals surface area (Å²) in [5.74, 6) is -2.81. The largest absolute Gasteiger partial charge is 0.452 e. The van der Waals surface area contributed by atoms with Crippen molar-refractivity contribution in [2.75, 3.05) is 11.9 Å². The quantitative estimate of drug-likeness (QED) is 0.457. The Bertz CT molecular complexity index is 1240. The van der Waals surface area contributed by atoms with Crippen LogP contribution >= 0.6 is 0 Å². The minimum Gasteiger partial charge on any atom is -0.452 e. The van der Waals surface area contributed by atoms with Crippen molar-refractivity contribution in [2.24, 2.45) is 0 Å². The van der Waals surface area contributed by atoms with Crippen LogP contribution in [0.5, 0.6) is 0 Å². The first-order chi connectivity index (χ1) is 15.8. The molecule has 1 N–H and O–H groups in total. The van der Waals surface area contributed by atoms with Gasteiger partial charge < -0.3 is 10.1 Å². The van der Waals surface area contributed by atoms with Crippen molar-refractivity contribution in [3.05, 3.63) is 101 Å². The third-order valence-corrected chi connectivity index (χ3v) is 5.29. The van der Waals surface area contributed by atoms with Crippen molar-refractivity contribution in [3.63, 3.8) is 0 Å². The van der Waals surface area contributed by atoms with Gasteiger partial charge in [-0.2, -0.15) is 0 Å². The average Bonchev–Trinajstić information content (AvgIpc) is 3.08. The highest BCUT2D eigenvalue weighted by Gasteiger charge is 2.39. The van der Waals surface area contributed by atoms with Crippen molar-refractivity contribution in [2.45, 2.75) is 13.0 Å². The van der Waals surface area contributed by atoms with Crippen LogP contribution in [0.4, 0.5) is 10.1 Å². The lowest BCUT2D eigenvalue weighted by molar-refractivity contribution is -0.119. The summed E-state index contributed by atoms with van der Waals surface area (Å²) in [6.07, 6.45) is 0. The molecule has 0 spiro atoms. The zero-order valence-corrected chi connectivity index (χ0v) is 17.6. The molecule has 0 radical (unpaired) electrons. The highest BCUT2D eigenvalue weighted by Crippen LogP contribution is 2.31. The van der Waals surface area contributed by atoms with E-state index in [1.807, 2.05) is 30.3 Å². The second-order valence-electron chi connectivity index (χ2n) is 7.46. The number of halogens is 1. The Morgan fingerprint density at radius 3 is 2.30 bits per heavy atom. The van der Waals surface area contributed by atoms with Crippen LogP contribution in [0.3, 0.4) is 0 Å². The molecule has 7 nitrogen and oxygen atoms in total. The van der Waals surface area contributed by atoms with Crippen LogP contribution in [0.25, 0.3) is 0 Å². The number of nitrogens with one attached hydrogen (secondary N) is 1. The number of rotatable bonds is 6. The molecule has 1 aliphatic heterocycles. The van der Waals surface area contributed by atoms with Crippen molar-refractivity contribution in [1.29, 1.82) is 0 Å². The van der Waals surface area contributed by atoms with Crippen molar-refractivity contribution < 1.29 is 28.3 Å². The smallest absolute Gasteiger partial charge is 0.338 e. The fourth-order valence-corrected chi connectivity index (χ4v) is 3.56. The first-order valence-corrected chi connectivity index (χ1v) is 10.1. The molecule has 0 bridgehead atoms. The fourth-order valence-electron chi connectivity index (χ4n) is 3.56. The first kappa shape index (κ1) is 21.9. The SMILES string of the molecule is C[C@H](c1ccccc1)N1C(=O)c2ccc(C(=O)OCC(=O)Nc3ccc(F)cc3)cc2C1=O. The maximum Gasteiger partial charge on any atom is 0.338 e. The number of fused-ring (bicyclic) bond motifs is 1. The maximum absolute atomic E-state index is 13.0. The number of benzene rings is 3. The average molecular weight is 446 g/mol. The van der Waals surface area contributed by atoms with Gasteiger partial charge in [-0.05, 0) is 55.0 Å². The first-order valence-electron chi connectivity index (χ1n) is 10.1. The van der Waals surface area contributed by atoms with Crippen LogP contribution in [0, 0.1) is 5.82 Å². The van der Waals surface area contributed by atoms with Gasteiger partial charge in [-0.3, -0.25) is 19.3 Å². The Labute approximate surface area is 188 Å². The molecule has 3 amide bonds. The summed E-state index contributed by atoms with van der Waals surface area (Å²) in [7, 11) is 0. The Morgan fingerprint density at radius 1 is 0.939 bits per heavy atom. The lowest BCUT2D eigenvalue weighted by Gasteiger charge is -2.22. The number of carbonyl (C=O) groups excluding carboxylic acids is 4. The molecule has 3 aromatic rings. The van der Waals surface area contributed by atoms with Gasteiger partial charge in [-0.1, -0.05) is 30.3 Å². The van der Waals surface area contributed by atoms with E-state index in [1.54, 1.807) is 6.92 Å². The Kier molecular flexibility index (Phi) is 5.99. The van der Waals surface area contributed by atoms with E-state index in [0.717, 1.165) is 10.5 Å². The summed E-state index contributed by atoms with van der Waals surface area (Å²) < 4.78 is 18.0. The molecule has 4 rings (SSSR count). The normalized spacial score (nSPS) is 13.5. The Morgan fingerprint density at radius 2 is 1.61 bits per heavy atom. The van der Waals surface area contributed by atoms with Crippen LogP contribution < -0.4 is 5.32 Å². The van der Waals surface area contributed by atoms with Gasteiger partial charge >= 0.3 is 5.97 Å². The predicted molar refractivity (Wildman–Crippen MR) is 117 cm³/mol. The lowest BCUT2D eigenvalue weighted by atomic mass is 10.1. The Balaban J connectivity index is 1.43. The molecule has 0 aromatic heterocycles. The second-order valence-corrected chi connectivity index (χ2v) is 7.46. The summed E-state index contributed by atoms with van der Waals surface area (Å²) in [5, 5.41) is 2.48. The van der Waals surface area contributed by atoms with E-state index in [0.29, 0.717) is 5.69 Å². The number of imide groups is 1. The third kappa shape index (κ3) is 4.50. The van der Waals surface area contributed by atoms with Gasteiger partial charge in [0.1, 0.15) is 5.82 Å². The monoisotopic (exact) mass is 446 g/mol. The molecule has 0 fully saturated rings. The van der Waals surface area contributed by atoms with Gasteiger partial charge in [-0.25, -0.2) is 9.18 Å². The molecule has 0 saturated carbocycles. The predicted octanol–water partition coefficient (Wildman–Crippen LogP) is 3.98. The van der Waals surface area contributed by atoms with E-state index >= 15 is 0 Å². The summed E-state index contributed by atoms with van der Waals surface area (Å²) in [4.78, 5) is 51.3. The van der Waals surface area contributed by atoms with Crippen LogP contribution in [-0.2, 0) is 9.53 Å². The molecule has 1 aliphatic rings. The molecule has 33 heavy (non-hydrogen) atoms. The van der Waals surface area contributed by atoms with Crippen molar-refractivity contribution in [3.8, 4) is 0 Å². The maximum atomic E-state index is 13.0. The number of nitrogens with zero attached hydrogens (tertiary/aromatic N) is 1. The molecule has 166 valence electrons. The van der Waals surface area contributed by atoms with E-state index < -0.39 is 42.2 Å². The van der Waals surface area contributed by atoms with E-state index in [1.165, 1.54) is 42.5 Å². The highest BCUT2D eigenvalue weighted by atomic mass is 19.1. The van der Waals surface area contributed by atoms with Crippen molar-refractivity contribution >= 4 is 29.4 Å². The summed E-state index contributed by atoms with van der Waals surface area (Å²) in [5.41, 5.74) is 1.51. The minimum atomic E-state index is -0.818. The van der Waals surface area contributed by atoms with E-state index in [2.05, 4.69) is 5.32 Å². The number of ether oxygens (including phenoxy) is 1. The summed E-state index contributed by atoms with van der Waals surface area (Å²) in [6.45, 7) is 1.18. The van der Waals surface area contributed by atoms with Gasteiger partial charge in [0.05, 0.1) is 22.7 Å². The molecule has 8 heteroatoms. The highest BCUT2D eigenvalue weighted by molar-refractivity contribution is 6.22. The van der Waals surface area contributed by atoms with E-state index in [9.17, 15) is 23.6 Å². The summed E-state index contributed by atoms with van der Waals surface area (Å²) in [6, 6.07) is 17.9. The molecule has 0 aliphatic carbocycles. The molecule has 1 atom stereocenters.